The number of carbonyl (C=O) groups is 1. The quantitative estimate of drug-likeness (QED) is 0.305. The molecule has 0 aliphatic carbocycles. The number of benzene rings is 3. The minimum Gasteiger partial charge on any atom is -0.348 e. The molecule has 0 saturated carbocycles. The summed E-state index contributed by atoms with van der Waals surface area (Å²) in [6.45, 7) is 0.115. The molecule has 0 aliphatic heterocycles. The normalized spacial score (nSPS) is 11.1. The lowest BCUT2D eigenvalue weighted by Crippen LogP contribution is -2.33. The summed E-state index contributed by atoms with van der Waals surface area (Å²) < 4.78 is 27.8. The van der Waals surface area contributed by atoms with E-state index in [2.05, 4.69) is 25.6 Å². The van der Waals surface area contributed by atoms with E-state index in [9.17, 15) is 18.4 Å². The molecule has 0 atom stereocenters. The van der Waals surface area contributed by atoms with E-state index in [4.69, 9.17) is 0 Å². The summed E-state index contributed by atoms with van der Waals surface area (Å²) in [4.78, 5) is 38.2. The molecule has 0 spiro atoms. The third kappa shape index (κ3) is 6.19. The second kappa shape index (κ2) is 11.4. The zero-order valence-corrected chi connectivity index (χ0v) is 20.5. The molecule has 0 bridgehead atoms. The highest BCUT2D eigenvalue weighted by Gasteiger charge is 2.13. The van der Waals surface area contributed by atoms with Gasteiger partial charge in [0.1, 0.15) is 5.56 Å². The monoisotopic (exact) mass is 524 g/mol. The van der Waals surface area contributed by atoms with E-state index in [0.29, 0.717) is 11.5 Å². The van der Waals surface area contributed by atoms with Crippen molar-refractivity contribution < 1.29 is 13.6 Å². The summed E-state index contributed by atoms with van der Waals surface area (Å²) in [6, 6.07) is 18.7. The van der Waals surface area contributed by atoms with Crippen molar-refractivity contribution >= 4 is 34.5 Å². The van der Waals surface area contributed by atoms with Crippen LogP contribution in [-0.4, -0.2) is 32.0 Å². The first-order valence-corrected chi connectivity index (χ1v) is 12.0. The van der Waals surface area contributed by atoms with Gasteiger partial charge in [-0.2, -0.15) is 0 Å². The topological polar surface area (TPSA) is 102 Å². The highest BCUT2D eigenvalue weighted by atomic mass is 19.2. The number of hydrogen-bond acceptors (Lipinski definition) is 6. The van der Waals surface area contributed by atoms with Gasteiger partial charge in [-0.05, 0) is 47.5 Å². The lowest BCUT2D eigenvalue weighted by molar-refractivity contribution is 0.0955. The predicted octanol–water partition coefficient (Wildman–Crippen LogP) is 4.70. The molecule has 3 aromatic carbocycles. The number of hydrogen-bond donors (Lipinski definition) is 2. The molecule has 2 heterocycles. The Hall–Kier alpha value is -5.25. The Morgan fingerprint density at radius 2 is 1.82 bits per heavy atom. The first-order valence-electron chi connectivity index (χ1n) is 12.0. The van der Waals surface area contributed by atoms with Crippen LogP contribution in [0.2, 0.25) is 0 Å². The van der Waals surface area contributed by atoms with Crippen molar-refractivity contribution in [3.8, 4) is 0 Å². The number of anilines is 2. The number of amides is 1. The first kappa shape index (κ1) is 25.4. The maximum Gasteiger partial charge on any atom is 0.266 e. The highest BCUT2D eigenvalue weighted by molar-refractivity contribution is 5.93. The Morgan fingerprint density at radius 1 is 0.974 bits per heavy atom. The summed E-state index contributed by atoms with van der Waals surface area (Å²) >= 11 is 0. The van der Waals surface area contributed by atoms with Crippen LogP contribution in [0.4, 0.5) is 20.4 Å². The first-order chi connectivity index (χ1) is 19.0. The van der Waals surface area contributed by atoms with Gasteiger partial charge in [-0.1, -0.05) is 42.5 Å². The van der Waals surface area contributed by atoms with Crippen LogP contribution >= 0.6 is 0 Å². The molecule has 0 radical (unpaired) electrons. The number of nitrogens with zero attached hydrogens (tertiary/aromatic N) is 4. The lowest BCUT2D eigenvalue weighted by atomic mass is 10.1. The van der Waals surface area contributed by atoms with Crippen molar-refractivity contribution in [3.05, 3.63) is 130 Å². The highest BCUT2D eigenvalue weighted by Crippen LogP contribution is 2.18. The summed E-state index contributed by atoms with van der Waals surface area (Å²) in [6.07, 6.45) is 7.74. The third-order valence-corrected chi connectivity index (χ3v) is 5.81. The van der Waals surface area contributed by atoms with E-state index in [1.165, 1.54) is 18.6 Å². The number of rotatable bonds is 8. The number of aromatic nitrogens is 4. The van der Waals surface area contributed by atoms with Crippen molar-refractivity contribution in [2.24, 2.45) is 0 Å². The number of para-hydroxylation sites is 1. The molecular weight excluding hydrogens is 502 g/mol. The van der Waals surface area contributed by atoms with Crippen LogP contribution < -0.4 is 16.2 Å². The molecule has 194 valence electrons. The standard InChI is InChI=1S/C29H22F2N6O2/c30-24-10-8-20(14-25(24)31)17-37-18-32-16-23(28(37)39)27(38)33-12-4-5-19-9-11-26-21(13-19)15-34-29(36-26)35-22-6-2-1-3-7-22/h1-11,13-16,18H,12,17H2,(H,33,38)(H,34,35,36)/b5-4+. The van der Waals surface area contributed by atoms with Gasteiger partial charge < -0.3 is 10.6 Å². The minimum absolute atomic E-state index is 0.0560. The minimum atomic E-state index is -1.02. The molecule has 0 fully saturated rings. The molecule has 5 aromatic rings. The Kier molecular flexibility index (Phi) is 7.44. The molecule has 2 aromatic heterocycles. The van der Waals surface area contributed by atoms with Crippen LogP contribution in [0, 0.1) is 11.6 Å². The van der Waals surface area contributed by atoms with Crippen LogP contribution in [0.5, 0.6) is 0 Å². The van der Waals surface area contributed by atoms with E-state index in [0.717, 1.165) is 38.9 Å². The summed E-state index contributed by atoms with van der Waals surface area (Å²) in [5.41, 5.74) is 2.18. The Bertz CT molecular complexity index is 1740. The van der Waals surface area contributed by atoms with Crippen molar-refractivity contribution in [1.29, 1.82) is 0 Å². The molecule has 0 unspecified atom stereocenters. The molecule has 0 saturated heterocycles. The van der Waals surface area contributed by atoms with Gasteiger partial charge in [0, 0.05) is 30.0 Å². The maximum absolute atomic E-state index is 13.5. The average Bonchev–Trinajstić information content (AvgIpc) is 2.94. The van der Waals surface area contributed by atoms with Crippen LogP contribution in [0.3, 0.4) is 0 Å². The van der Waals surface area contributed by atoms with Crippen molar-refractivity contribution in [1.82, 2.24) is 24.8 Å². The van der Waals surface area contributed by atoms with Crippen molar-refractivity contribution in [2.75, 3.05) is 11.9 Å². The second-order valence-electron chi connectivity index (χ2n) is 8.60. The van der Waals surface area contributed by atoms with E-state index in [1.54, 1.807) is 12.3 Å². The molecule has 10 heteroatoms. The third-order valence-electron chi connectivity index (χ3n) is 5.81. The number of halogens is 2. The lowest BCUT2D eigenvalue weighted by Gasteiger charge is -2.08. The van der Waals surface area contributed by atoms with Gasteiger partial charge in [-0.15, -0.1) is 0 Å². The van der Waals surface area contributed by atoms with Gasteiger partial charge >= 0.3 is 0 Å². The van der Waals surface area contributed by atoms with Crippen molar-refractivity contribution in [2.45, 2.75) is 6.54 Å². The fourth-order valence-electron chi connectivity index (χ4n) is 3.86. The Labute approximate surface area is 221 Å². The van der Waals surface area contributed by atoms with Gasteiger partial charge in [0.05, 0.1) is 18.4 Å². The van der Waals surface area contributed by atoms with Gasteiger partial charge in [-0.3, -0.25) is 14.2 Å². The van der Waals surface area contributed by atoms with Gasteiger partial charge in [0.2, 0.25) is 5.95 Å². The average molecular weight is 525 g/mol. The summed E-state index contributed by atoms with van der Waals surface area (Å²) in [5, 5.41) is 6.69. The van der Waals surface area contributed by atoms with E-state index in [1.807, 2.05) is 54.6 Å². The number of carbonyl (C=O) groups excluding carboxylic acids is 1. The zero-order chi connectivity index (χ0) is 27.2. The largest absolute Gasteiger partial charge is 0.348 e. The summed E-state index contributed by atoms with van der Waals surface area (Å²) in [5.74, 6) is -2.09. The number of fused-ring (bicyclic) bond motifs is 1. The van der Waals surface area contributed by atoms with Crippen LogP contribution in [0.25, 0.3) is 17.0 Å². The van der Waals surface area contributed by atoms with Gasteiger partial charge in [0.15, 0.2) is 11.6 Å². The fourth-order valence-corrected chi connectivity index (χ4v) is 3.86. The molecule has 0 aliphatic rings. The van der Waals surface area contributed by atoms with E-state index in [-0.39, 0.29) is 18.7 Å². The Morgan fingerprint density at radius 3 is 2.64 bits per heavy atom. The van der Waals surface area contributed by atoms with Crippen molar-refractivity contribution in [3.63, 3.8) is 0 Å². The van der Waals surface area contributed by atoms with Gasteiger partial charge in [-0.25, -0.2) is 23.7 Å². The molecular formula is C29H22F2N6O2. The smallest absolute Gasteiger partial charge is 0.266 e. The van der Waals surface area contributed by atoms with E-state index >= 15 is 0 Å². The second-order valence-corrected chi connectivity index (χ2v) is 8.60. The fraction of sp³-hybridized carbons (Fsp3) is 0.0690. The summed E-state index contributed by atoms with van der Waals surface area (Å²) in [7, 11) is 0. The van der Waals surface area contributed by atoms with E-state index < -0.39 is 23.1 Å². The molecule has 1 amide bonds. The zero-order valence-electron chi connectivity index (χ0n) is 20.5. The molecule has 39 heavy (non-hydrogen) atoms. The molecule has 2 N–H and O–H groups in total. The van der Waals surface area contributed by atoms with Crippen LogP contribution in [0.15, 0.2) is 96.3 Å². The molecule has 5 rings (SSSR count). The molecule has 8 nitrogen and oxygen atoms in total. The predicted molar refractivity (Wildman–Crippen MR) is 145 cm³/mol. The van der Waals surface area contributed by atoms with Crippen LogP contribution in [-0.2, 0) is 6.54 Å². The number of nitrogens with one attached hydrogen (secondary N) is 2. The Balaban J connectivity index is 1.20. The maximum atomic E-state index is 13.5. The van der Waals surface area contributed by atoms with Gasteiger partial charge in [0.25, 0.3) is 11.5 Å². The van der Waals surface area contributed by atoms with Crippen LogP contribution in [0.1, 0.15) is 21.5 Å². The SMILES string of the molecule is O=C(NC/C=C/c1ccc2nc(Nc3ccccc3)ncc2c1)c1cncn(Cc2ccc(F)c(F)c2)c1=O.